The van der Waals surface area contributed by atoms with Crippen LogP contribution in [0.15, 0.2) is 48.5 Å². The van der Waals surface area contributed by atoms with Gasteiger partial charge in [0.15, 0.2) is 0 Å². The molecule has 1 N–H and O–H groups in total. The van der Waals surface area contributed by atoms with Crippen LogP contribution in [0.2, 0.25) is 5.02 Å². The summed E-state index contributed by atoms with van der Waals surface area (Å²) in [5.74, 6) is 0.134. The number of methoxy groups -OCH3 is 1. The third-order valence-corrected chi connectivity index (χ3v) is 3.22. The summed E-state index contributed by atoms with van der Waals surface area (Å²) in [7, 11) is 1.50. The van der Waals surface area contributed by atoms with Crippen LogP contribution in [-0.4, -0.2) is 17.9 Å². The molecule has 7 heteroatoms. The number of carbonyl (C=O) groups excluding carboxylic acids is 1. The monoisotopic (exact) mass is 332 g/mol. The minimum absolute atomic E-state index is 0.0329. The van der Waals surface area contributed by atoms with E-state index in [9.17, 15) is 14.9 Å². The number of nitrogens with one attached hydrogen (secondary N) is 1. The van der Waals surface area contributed by atoms with Crippen molar-refractivity contribution in [3.63, 3.8) is 0 Å². The molecule has 1 amide bonds. The Labute approximate surface area is 137 Å². The van der Waals surface area contributed by atoms with E-state index in [0.717, 1.165) is 0 Å². The first-order valence-electron chi connectivity index (χ1n) is 6.56. The zero-order valence-corrected chi connectivity index (χ0v) is 12.9. The van der Waals surface area contributed by atoms with Gasteiger partial charge in [0.25, 0.3) is 5.69 Å². The number of rotatable bonds is 5. The third kappa shape index (κ3) is 4.55. The second-order valence-corrected chi connectivity index (χ2v) is 4.93. The fourth-order valence-corrected chi connectivity index (χ4v) is 2.10. The van der Waals surface area contributed by atoms with Gasteiger partial charge in [-0.25, -0.2) is 0 Å². The molecule has 2 aromatic rings. The van der Waals surface area contributed by atoms with Gasteiger partial charge in [-0.3, -0.25) is 14.9 Å². The smallest absolute Gasteiger partial charge is 0.270 e. The Bertz CT molecular complexity index is 774. The maximum atomic E-state index is 11.9. The molecule has 2 aromatic carbocycles. The second kappa shape index (κ2) is 7.42. The lowest BCUT2D eigenvalue weighted by Crippen LogP contribution is -2.07. The van der Waals surface area contributed by atoms with Crippen molar-refractivity contribution in [2.24, 2.45) is 0 Å². The summed E-state index contributed by atoms with van der Waals surface area (Å²) >= 11 is 5.97. The van der Waals surface area contributed by atoms with E-state index >= 15 is 0 Å². The molecule has 0 heterocycles. The first-order chi connectivity index (χ1) is 11.0. The zero-order valence-electron chi connectivity index (χ0n) is 12.2. The van der Waals surface area contributed by atoms with Crippen molar-refractivity contribution in [2.45, 2.75) is 0 Å². The molecule has 0 fully saturated rings. The van der Waals surface area contributed by atoms with E-state index in [1.54, 1.807) is 30.3 Å². The van der Waals surface area contributed by atoms with Crippen molar-refractivity contribution in [3.8, 4) is 5.75 Å². The molecule has 0 aliphatic rings. The minimum Gasteiger partial charge on any atom is -0.495 e. The maximum absolute atomic E-state index is 11.9. The highest BCUT2D eigenvalue weighted by atomic mass is 35.5. The van der Waals surface area contributed by atoms with E-state index in [1.807, 2.05) is 0 Å². The van der Waals surface area contributed by atoms with E-state index in [0.29, 0.717) is 22.0 Å². The summed E-state index contributed by atoms with van der Waals surface area (Å²) in [5, 5.41) is 13.7. The van der Waals surface area contributed by atoms with E-state index in [1.165, 1.54) is 31.4 Å². The summed E-state index contributed by atoms with van der Waals surface area (Å²) in [6, 6.07) is 10.9. The maximum Gasteiger partial charge on any atom is 0.270 e. The summed E-state index contributed by atoms with van der Waals surface area (Å²) in [6.45, 7) is 0. The van der Waals surface area contributed by atoms with Crippen LogP contribution in [0.1, 0.15) is 5.56 Å². The Hall–Kier alpha value is -2.86. The average Bonchev–Trinajstić information content (AvgIpc) is 2.53. The van der Waals surface area contributed by atoms with E-state index in [4.69, 9.17) is 16.3 Å². The largest absolute Gasteiger partial charge is 0.495 e. The lowest BCUT2D eigenvalue weighted by molar-refractivity contribution is -0.384. The van der Waals surface area contributed by atoms with Crippen LogP contribution in [0.5, 0.6) is 5.75 Å². The van der Waals surface area contributed by atoms with E-state index in [2.05, 4.69) is 5.32 Å². The Kier molecular flexibility index (Phi) is 5.32. The molecule has 0 aliphatic heterocycles. The second-order valence-electron chi connectivity index (χ2n) is 4.52. The number of benzene rings is 2. The number of hydrogen-bond acceptors (Lipinski definition) is 4. The fourth-order valence-electron chi connectivity index (χ4n) is 1.84. The van der Waals surface area contributed by atoms with Crippen LogP contribution in [0.4, 0.5) is 11.4 Å². The van der Waals surface area contributed by atoms with Gasteiger partial charge < -0.3 is 10.1 Å². The number of nitro benzene ring substituents is 1. The number of halogens is 1. The Morgan fingerprint density at radius 2 is 2.09 bits per heavy atom. The van der Waals surface area contributed by atoms with Gasteiger partial charge in [-0.1, -0.05) is 23.7 Å². The fraction of sp³-hybridized carbons (Fsp3) is 0.0625. The summed E-state index contributed by atoms with van der Waals surface area (Å²) < 4.78 is 5.03. The number of carbonyl (C=O) groups is 1. The minimum atomic E-state index is -0.489. The first kappa shape index (κ1) is 16.5. The predicted octanol–water partition coefficient (Wildman–Crippen LogP) is 3.91. The van der Waals surface area contributed by atoms with Gasteiger partial charge in [-0.2, -0.15) is 0 Å². The molecular weight excluding hydrogens is 320 g/mol. The van der Waals surface area contributed by atoms with Gasteiger partial charge >= 0.3 is 0 Å². The summed E-state index contributed by atoms with van der Waals surface area (Å²) in [5.41, 5.74) is 1.04. The van der Waals surface area contributed by atoms with E-state index in [-0.39, 0.29) is 11.6 Å². The highest BCUT2D eigenvalue weighted by Gasteiger charge is 2.05. The van der Waals surface area contributed by atoms with Crippen molar-refractivity contribution in [3.05, 3.63) is 69.2 Å². The first-order valence-corrected chi connectivity index (χ1v) is 6.94. The van der Waals surface area contributed by atoms with Gasteiger partial charge in [0.2, 0.25) is 5.91 Å². The van der Waals surface area contributed by atoms with Gasteiger partial charge in [0.05, 0.1) is 17.1 Å². The number of amides is 1. The highest BCUT2D eigenvalue weighted by molar-refractivity contribution is 6.32. The lowest BCUT2D eigenvalue weighted by atomic mass is 10.2. The molecule has 0 radical (unpaired) electrons. The Morgan fingerprint density at radius 1 is 1.30 bits per heavy atom. The molecule has 2 rings (SSSR count). The van der Waals surface area contributed by atoms with Gasteiger partial charge in [-0.05, 0) is 29.8 Å². The number of hydrogen-bond donors (Lipinski definition) is 1. The number of nitrogens with zero attached hydrogens (tertiary/aromatic N) is 1. The van der Waals surface area contributed by atoms with Crippen molar-refractivity contribution in [2.75, 3.05) is 12.4 Å². The molecule has 0 unspecified atom stereocenters. The zero-order chi connectivity index (χ0) is 16.8. The molecule has 0 spiro atoms. The molecule has 0 saturated carbocycles. The molecule has 0 bridgehead atoms. The number of ether oxygens (including phenoxy) is 1. The normalized spacial score (nSPS) is 10.5. The molecule has 0 saturated heterocycles. The van der Waals surface area contributed by atoms with Gasteiger partial charge in [0.1, 0.15) is 5.75 Å². The quantitative estimate of drug-likeness (QED) is 0.511. The Morgan fingerprint density at radius 3 is 2.74 bits per heavy atom. The van der Waals surface area contributed by atoms with Crippen molar-refractivity contribution in [1.82, 2.24) is 0 Å². The van der Waals surface area contributed by atoms with Crippen molar-refractivity contribution < 1.29 is 14.5 Å². The number of nitro groups is 1. The third-order valence-electron chi connectivity index (χ3n) is 2.93. The summed E-state index contributed by atoms with van der Waals surface area (Å²) in [4.78, 5) is 22.1. The molecule has 118 valence electrons. The van der Waals surface area contributed by atoms with Crippen LogP contribution in [0.25, 0.3) is 6.08 Å². The molecule has 0 aromatic heterocycles. The molecular formula is C16H13ClN2O4. The van der Waals surface area contributed by atoms with Crippen LogP contribution in [-0.2, 0) is 4.79 Å². The van der Waals surface area contributed by atoms with Crippen LogP contribution in [0.3, 0.4) is 0 Å². The van der Waals surface area contributed by atoms with E-state index < -0.39 is 4.92 Å². The van der Waals surface area contributed by atoms with Gasteiger partial charge in [0, 0.05) is 23.9 Å². The highest BCUT2D eigenvalue weighted by Crippen LogP contribution is 2.27. The Balaban J connectivity index is 2.05. The standard InChI is InChI=1S/C16H13ClN2O4/c1-23-15-7-6-12(10-14(15)17)18-16(20)8-5-11-3-2-4-13(9-11)19(21)22/h2-10H,1H3,(H,18,20)/b8-5+. The summed E-state index contributed by atoms with van der Waals surface area (Å²) in [6.07, 6.45) is 2.78. The number of non-ortho nitro benzene ring substituents is 1. The average molecular weight is 333 g/mol. The predicted molar refractivity (Wildman–Crippen MR) is 88.8 cm³/mol. The lowest BCUT2D eigenvalue weighted by Gasteiger charge is -2.06. The number of anilines is 1. The van der Waals surface area contributed by atoms with Crippen LogP contribution < -0.4 is 10.1 Å². The molecule has 6 nitrogen and oxygen atoms in total. The van der Waals surface area contributed by atoms with Crippen LogP contribution >= 0.6 is 11.6 Å². The molecule has 0 aliphatic carbocycles. The SMILES string of the molecule is COc1ccc(NC(=O)/C=C/c2cccc([N+](=O)[O-])c2)cc1Cl. The van der Waals surface area contributed by atoms with Crippen LogP contribution in [0, 0.1) is 10.1 Å². The van der Waals surface area contributed by atoms with Gasteiger partial charge in [-0.15, -0.1) is 0 Å². The molecule has 23 heavy (non-hydrogen) atoms. The molecule has 0 atom stereocenters. The van der Waals surface area contributed by atoms with Crippen molar-refractivity contribution >= 4 is 35.0 Å². The van der Waals surface area contributed by atoms with Crippen molar-refractivity contribution in [1.29, 1.82) is 0 Å². The topological polar surface area (TPSA) is 81.5 Å².